The highest BCUT2D eigenvalue weighted by Crippen LogP contribution is 2.38. The summed E-state index contributed by atoms with van der Waals surface area (Å²) in [5, 5.41) is 7.02. The van der Waals surface area contributed by atoms with Crippen molar-refractivity contribution in [2.24, 2.45) is 0 Å². The van der Waals surface area contributed by atoms with Crippen molar-refractivity contribution in [3.63, 3.8) is 0 Å². The smallest absolute Gasteiger partial charge is 0.255 e. The van der Waals surface area contributed by atoms with Crippen molar-refractivity contribution < 1.29 is 31.1 Å². The van der Waals surface area contributed by atoms with Crippen LogP contribution in [-0.2, 0) is 38.1 Å². The lowest BCUT2D eigenvalue weighted by Crippen LogP contribution is -2.40. The first-order valence-corrected chi connectivity index (χ1v) is 17.7. The molecule has 0 spiro atoms. The highest BCUT2D eigenvalue weighted by atomic mass is 35.5. The molecular formula is C29H26ClN5O7S3. The Bertz CT molecular complexity index is 1980. The molecular weight excluding hydrogens is 662 g/mol. The first kappa shape index (κ1) is 31.4. The maximum absolute atomic E-state index is 13.9. The summed E-state index contributed by atoms with van der Waals surface area (Å²) in [7, 11) is -3.98. The predicted molar refractivity (Wildman–Crippen MR) is 170 cm³/mol. The molecule has 6 rings (SSSR count). The normalized spacial score (nSPS) is 15.3. The molecule has 12 nitrogen and oxygen atoms in total. The van der Waals surface area contributed by atoms with E-state index in [4.69, 9.17) is 25.3 Å². The summed E-state index contributed by atoms with van der Waals surface area (Å²) in [6.45, 7) is 1.76. The molecule has 45 heavy (non-hydrogen) atoms. The summed E-state index contributed by atoms with van der Waals surface area (Å²) < 4.78 is 61.7. The highest BCUT2D eigenvalue weighted by molar-refractivity contribution is 7.91. The average molecular weight is 688 g/mol. The van der Waals surface area contributed by atoms with E-state index in [0.29, 0.717) is 52.7 Å². The molecule has 2 aromatic heterocycles. The minimum Gasteiger partial charge on any atom is -0.422 e. The summed E-state index contributed by atoms with van der Waals surface area (Å²) in [6.07, 6.45) is 0. The number of halogens is 1. The van der Waals surface area contributed by atoms with Gasteiger partial charge in [-0.1, -0.05) is 54.1 Å². The van der Waals surface area contributed by atoms with E-state index in [1.165, 1.54) is 11.3 Å². The van der Waals surface area contributed by atoms with Gasteiger partial charge in [0, 0.05) is 13.1 Å². The monoisotopic (exact) mass is 687 g/mol. The molecule has 3 heterocycles. The van der Waals surface area contributed by atoms with Gasteiger partial charge in [-0.15, -0.1) is 21.5 Å². The lowest BCUT2D eigenvalue weighted by atomic mass is 10.0. The predicted octanol–water partition coefficient (Wildman–Crippen LogP) is 4.40. The van der Waals surface area contributed by atoms with Gasteiger partial charge in [0.05, 0.1) is 46.3 Å². The van der Waals surface area contributed by atoms with Gasteiger partial charge in [-0.25, -0.2) is 22.3 Å². The van der Waals surface area contributed by atoms with Gasteiger partial charge in [-0.2, -0.15) is 0 Å². The van der Waals surface area contributed by atoms with Crippen LogP contribution in [0.15, 0.2) is 71.1 Å². The van der Waals surface area contributed by atoms with Crippen LogP contribution in [0.5, 0.6) is 0 Å². The molecule has 1 amide bonds. The zero-order chi connectivity index (χ0) is 31.6. The zero-order valence-electron chi connectivity index (χ0n) is 23.5. The van der Waals surface area contributed by atoms with E-state index in [1.807, 2.05) is 18.2 Å². The SMILES string of the molecule is O=C(c1ccc(-c2ccc3nc(C(c4nnc(CNS(=O)O)o4)S(=O)(=O)Cc4ccccc4)sc3c2)cc1Cl)N1CCOCC1. The first-order chi connectivity index (χ1) is 21.7. The number of ether oxygens (including phenoxy) is 1. The van der Waals surface area contributed by atoms with Gasteiger partial charge < -0.3 is 14.1 Å². The standard InChI is InChI=1S/C29H26ClN5O7S3/c30-22-14-19(6-8-21(22)29(36)35-10-12-41-13-11-35)20-7-9-23-24(15-20)43-28(32-23)26(27-34-33-25(42-27)16-31-44(37)38)45(39,40)17-18-4-2-1-3-5-18/h1-9,14-15,26,31H,10-13,16-17H2,(H,37,38). The minimum atomic E-state index is -3.98. The summed E-state index contributed by atoms with van der Waals surface area (Å²) in [4.78, 5) is 19.3. The number of nitrogens with one attached hydrogen (secondary N) is 1. The van der Waals surface area contributed by atoms with Gasteiger partial charge in [-0.3, -0.25) is 9.35 Å². The largest absolute Gasteiger partial charge is 0.422 e. The molecule has 16 heteroatoms. The molecule has 0 bridgehead atoms. The van der Waals surface area contributed by atoms with Crippen LogP contribution in [0.25, 0.3) is 21.3 Å². The Kier molecular flexibility index (Phi) is 9.37. The molecule has 5 aromatic rings. The minimum absolute atomic E-state index is 0.0527. The van der Waals surface area contributed by atoms with Gasteiger partial charge in [0.1, 0.15) is 5.01 Å². The van der Waals surface area contributed by atoms with Gasteiger partial charge in [-0.05, 0) is 41.0 Å². The zero-order valence-corrected chi connectivity index (χ0v) is 26.7. The number of aromatic nitrogens is 3. The van der Waals surface area contributed by atoms with Crippen LogP contribution in [0.2, 0.25) is 5.02 Å². The number of sulfone groups is 1. The van der Waals surface area contributed by atoms with E-state index in [-0.39, 0.29) is 35.0 Å². The second-order valence-electron chi connectivity index (χ2n) is 10.1. The molecule has 2 N–H and O–H groups in total. The van der Waals surface area contributed by atoms with Crippen molar-refractivity contribution in [1.29, 1.82) is 0 Å². The fraction of sp³-hybridized carbons (Fsp3) is 0.241. The average Bonchev–Trinajstić information content (AvgIpc) is 3.67. The van der Waals surface area contributed by atoms with E-state index in [1.54, 1.807) is 53.4 Å². The lowest BCUT2D eigenvalue weighted by molar-refractivity contribution is 0.0303. The van der Waals surface area contributed by atoms with Crippen molar-refractivity contribution in [1.82, 2.24) is 24.8 Å². The van der Waals surface area contributed by atoms with Crippen LogP contribution < -0.4 is 4.72 Å². The Balaban J connectivity index is 1.33. The molecule has 1 saturated heterocycles. The number of hydrogen-bond acceptors (Lipinski definition) is 10. The molecule has 0 saturated carbocycles. The van der Waals surface area contributed by atoms with Crippen LogP contribution >= 0.6 is 22.9 Å². The third-order valence-electron chi connectivity index (χ3n) is 7.08. The van der Waals surface area contributed by atoms with Crippen molar-refractivity contribution >= 4 is 60.2 Å². The number of morpholine rings is 1. The van der Waals surface area contributed by atoms with Gasteiger partial charge in [0.25, 0.3) is 5.91 Å². The maximum Gasteiger partial charge on any atom is 0.255 e. The lowest BCUT2D eigenvalue weighted by Gasteiger charge is -2.27. The van der Waals surface area contributed by atoms with E-state index in [0.717, 1.165) is 11.1 Å². The number of hydrogen-bond donors (Lipinski definition) is 2. The molecule has 1 aliphatic heterocycles. The van der Waals surface area contributed by atoms with Crippen LogP contribution in [0, 0.1) is 0 Å². The van der Waals surface area contributed by atoms with E-state index in [9.17, 15) is 17.4 Å². The molecule has 2 unspecified atom stereocenters. The molecule has 1 aliphatic rings. The van der Waals surface area contributed by atoms with E-state index >= 15 is 0 Å². The topological polar surface area (TPSA) is 165 Å². The number of amides is 1. The molecule has 0 radical (unpaired) electrons. The number of fused-ring (bicyclic) bond motifs is 1. The van der Waals surface area contributed by atoms with Crippen molar-refractivity contribution in [3.8, 4) is 11.1 Å². The fourth-order valence-corrected chi connectivity index (χ4v) is 8.57. The van der Waals surface area contributed by atoms with Crippen LogP contribution in [0.4, 0.5) is 0 Å². The Morgan fingerprint density at radius 1 is 1.07 bits per heavy atom. The Hall–Kier alpha value is -3.57. The highest BCUT2D eigenvalue weighted by Gasteiger charge is 2.37. The van der Waals surface area contributed by atoms with Crippen molar-refractivity contribution in [2.75, 3.05) is 26.3 Å². The quantitative estimate of drug-likeness (QED) is 0.201. The number of carbonyl (C=O) groups is 1. The molecule has 0 aliphatic carbocycles. The Morgan fingerprint density at radius 2 is 1.80 bits per heavy atom. The molecule has 3 aromatic carbocycles. The van der Waals surface area contributed by atoms with E-state index < -0.39 is 26.4 Å². The molecule has 1 fully saturated rings. The Labute approximate surface area is 269 Å². The molecule has 234 valence electrons. The van der Waals surface area contributed by atoms with Gasteiger partial charge in [0.15, 0.2) is 15.1 Å². The number of rotatable bonds is 10. The second-order valence-corrected chi connectivity index (χ2v) is 14.5. The number of benzene rings is 3. The van der Waals surface area contributed by atoms with Gasteiger partial charge in [0.2, 0.25) is 23.0 Å². The van der Waals surface area contributed by atoms with Gasteiger partial charge >= 0.3 is 0 Å². The third kappa shape index (κ3) is 7.14. The van der Waals surface area contributed by atoms with Crippen LogP contribution in [0.1, 0.15) is 38.0 Å². The summed E-state index contributed by atoms with van der Waals surface area (Å²) >= 11 is 5.43. The maximum atomic E-state index is 13.9. The second kappa shape index (κ2) is 13.4. The molecule has 2 atom stereocenters. The van der Waals surface area contributed by atoms with Crippen LogP contribution in [0.3, 0.4) is 0 Å². The van der Waals surface area contributed by atoms with Crippen molar-refractivity contribution in [3.05, 3.63) is 99.7 Å². The van der Waals surface area contributed by atoms with Crippen molar-refractivity contribution in [2.45, 2.75) is 17.5 Å². The van der Waals surface area contributed by atoms with Crippen LogP contribution in [-0.4, -0.2) is 69.5 Å². The third-order valence-corrected chi connectivity index (χ3v) is 10.9. The first-order valence-electron chi connectivity index (χ1n) is 13.7. The fourth-order valence-electron chi connectivity index (χ4n) is 4.91. The Morgan fingerprint density at radius 3 is 2.53 bits per heavy atom. The number of thiazole rings is 1. The summed E-state index contributed by atoms with van der Waals surface area (Å²) in [5.74, 6) is -0.699. The number of carbonyl (C=O) groups excluding carboxylic acids is 1. The number of nitrogens with zero attached hydrogens (tertiary/aromatic N) is 4. The van der Waals surface area contributed by atoms with E-state index in [2.05, 4.69) is 19.9 Å². The summed E-state index contributed by atoms with van der Waals surface area (Å²) in [5.41, 5.74) is 3.14. The summed E-state index contributed by atoms with van der Waals surface area (Å²) in [6, 6.07) is 19.5.